The third kappa shape index (κ3) is 2.42. The quantitative estimate of drug-likeness (QED) is 0.694. The Labute approximate surface area is 118 Å². The molecule has 0 spiro atoms. The van der Waals surface area contributed by atoms with Crippen molar-refractivity contribution in [2.75, 3.05) is 11.1 Å². The molecule has 3 N–H and O–H groups in total. The van der Waals surface area contributed by atoms with Gasteiger partial charge < -0.3 is 15.5 Å². The number of nitrogens with zero attached hydrogens (tertiary/aromatic N) is 1. The molecule has 3 aromatic rings. The largest absolute Gasteiger partial charge is 0.441 e. The van der Waals surface area contributed by atoms with E-state index in [-0.39, 0.29) is 0 Å². The van der Waals surface area contributed by atoms with Gasteiger partial charge >= 0.3 is 0 Å². The van der Waals surface area contributed by atoms with E-state index in [0.29, 0.717) is 11.6 Å². The van der Waals surface area contributed by atoms with Gasteiger partial charge in [0.15, 0.2) is 11.5 Å². The maximum absolute atomic E-state index is 5.96. The van der Waals surface area contributed by atoms with Crippen molar-refractivity contribution < 1.29 is 4.42 Å². The van der Waals surface area contributed by atoms with Gasteiger partial charge in [-0.05, 0) is 30.3 Å². The van der Waals surface area contributed by atoms with E-state index in [1.807, 2.05) is 43.3 Å². The maximum atomic E-state index is 5.96. The Balaban J connectivity index is 1.96. The monoisotopic (exact) mass is 317 g/mol. The molecule has 0 amide bonds. The molecular formula is C14H12BrN3O. The third-order valence-electron chi connectivity index (χ3n) is 2.79. The maximum Gasteiger partial charge on any atom is 0.192 e. The topological polar surface area (TPSA) is 64.1 Å². The van der Waals surface area contributed by atoms with E-state index >= 15 is 0 Å². The molecule has 0 aliphatic heterocycles. The summed E-state index contributed by atoms with van der Waals surface area (Å²) >= 11 is 3.39. The Bertz CT molecular complexity index is 752. The fourth-order valence-corrected chi connectivity index (χ4v) is 2.30. The minimum Gasteiger partial charge on any atom is -0.441 e. The highest BCUT2D eigenvalue weighted by atomic mass is 79.9. The molecule has 1 aromatic heterocycles. The van der Waals surface area contributed by atoms with Gasteiger partial charge in [-0.2, -0.15) is 0 Å². The molecule has 0 fully saturated rings. The summed E-state index contributed by atoms with van der Waals surface area (Å²) in [6.07, 6.45) is 0. The summed E-state index contributed by atoms with van der Waals surface area (Å²) < 4.78 is 6.46. The molecule has 0 aliphatic carbocycles. The minimum atomic E-state index is 0.662. The van der Waals surface area contributed by atoms with Gasteiger partial charge in [-0.3, -0.25) is 0 Å². The molecule has 0 unspecified atom stereocenters. The Hall–Kier alpha value is -2.01. The van der Waals surface area contributed by atoms with Gasteiger partial charge in [-0.25, -0.2) is 4.98 Å². The van der Waals surface area contributed by atoms with Crippen molar-refractivity contribution in [3.63, 3.8) is 0 Å². The number of nitrogen functional groups attached to an aromatic ring is 1. The van der Waals surface area contributed by atoms with E-state index in [0.717, 1.165) is 26.9 Å². The number of aryl methyl sites for hydroxylation is 1. The lowest BCUT2D eigenvalue weighted by Gasteiger charge is -2.09. The number of oxazole rings is 1. The average molecular weight is 318 g/mol. The summed E-state index contributed by atoms with van der Waals surface area (Å²) in [6, 6.07) is 11.5. The lowest BCUT2D eigenvalue weighted by atomic mass is 10.2. The van der Waals surface area contributed by atoms with E-state index < -0.39 is 0 Å². The highest BCUT2D eigenvalue weighted by Crippen LogP contribution is 2.28. The number of fused-ring (bicyclic) bond motifs is 1. The zero-order valence-corrected chi connectivity index (χ0v) is 11.9. The number of nitrogens with two attached hydrogens (primary N) is 1. The lowest BCUT2D eigenvalue weighted by molar-refractivity contribution is 0.561. The predicted molar refractivity (Wildman–Crippen MR) is 80.6 cm³/mol. The van der Waals surface area contributed by atoms with Crippen LogP contribution in [0.4, 0.5) is 17.1 Å². The lowest BCUT2D eigenvalue weighted by Crippen LogP contribution is -1.95. The molecule has 0 saturated carbocycles. The molecule has 0 aliphatic rings. The first kappa shape index (κ1) is 12.0. The van der Waals surface area contributed by atoms with Gasteiger partial charge in [0.2, 0.25) is 0 Å². The predicted octanol–water partition coefficient (Wildman–Crippen LogP) is 4.22. The van der Waals surface area contributed by atoms with Gasteiger partial charge in [0, 0.05) is 23.2 Å². The molecule has 0 radical (unpaired) electrons. The molecule has 4 nitrogen and oxygen atoms in total. The van der Waals surface area contributed by atoms with Gasteiger partial charge in [-0.1, -0.05) is 15.9 Å². The summed E-state index contributed by atoms with van der Waals surface area (Å²) in [4.78, 5) is 4.27. The van der Waals surface area contributed by atoms with E-state index in [4.69, 9.17) is 10.2 Å². The van der Waals surface area contributed by atoms with E-state index in [9.17, 15) is 0 Å². The Morgan fingerprint density at radius 2 is 2.05 bits per heavy atom. The van der Waals surface area contributed by atoms with Crippen molar-refractivity contribution in [2.24, 2.45) is 0 Å². The van der Waals surface area contributed by atoms with Crippen LogP contribution < -0.4 is 11.1 Å². The smallest absolute Gasteiger partial charge is 0.192 e. The Morgan fingerprint density at radius 3 is 2.84 bits per heavy atom. The SMILES string of the molecule is Cc1nc2ccc(Nc3ccc(Br)cc3N)cc2o1. The van der Waals surface area contributed by atoms with Gasteiger partial charge in [0.25, 0.3) is 0 Å². The van der Waals surface area contributed by atoms with Crippen molar-refractivity contribution >= 4 is 44.1 Å². The first-order valence-corrected chi connectivity index (χ1v) is 6.60. The Morgan fingerprint density at radius 1 is 1.21 bits per heavy atom. The third-order valence-corrected chi connectivity index (χ3v) is 3.28. The highest BCUT2D eigenvalue weighted by Gasteiger charge is 2.05. The van der Waals surface area contributed by atoms with Crippen LogP contribution in [0.2, 0.25) is 0 Å². The summed E-state index contributed by atoms with van der Waals surface area (Å²) in [7, 11) is 0. The number of anilines is 3. The number of nitrogens with one attached hydrogen (secondary N) is 1. The van der Waals surface area contributed by atoms with Gasteiger partial charge in [0.05, 0.1) is 11.4 Å². The van der Waals surface area contributed by atoms with Crippen LogP contribution in [-0.4, -0.2) is 4.98 Å². The van der Waals surface area contributed by atoms with E-state index in [1.165, 1.54) is 0 Å². The first-order chi connectivity index (χ1) is 9.11. The number of hydrogen-bond donors (Lipinski definition) is 2. The number of benzene rings is 2. The second-order valence-corrected chi connectivity index (χ2v) is 5.19. The van der Waals surface area contributed by atoms with Crippen LogP contribution in [0.3, 0.4) is 0 Å². The molecule has 2 aromatic carbocycles. The molecule has 96 valence electrons. The van der Waals surface area contributed by atoms with Crippen LogP contribution >= 0.6 is 15.9 Å². The van der Waals surface area contributed by atoms with Crippen molar-refractivity contribution in [1.82, 2.24) is 4.98 Å². The van der Waals surface area contributed by atoms with Crippen molar-refractivity contribution in [1.29, 1.82) is 0 Å². The molecule has 5 heteroatoms. The number of aromatic nitrogens is 1. The number of rotatable bonds is 2. The van der Waals surface area contributed by atoms with Crippen LogP contribution in [0.5, 0.6) is 0 Å². The average Bonchev–Trinajstić information content (AvgIpc) is 2.72. The van der Waals surface area contributed by atoms with Crippen LogP contribution in [0.15, 0.2) is 45.3 Å². The molecule has 1 heterocycles. The standard InChI is InChI=1S/C14H12BrN3O/c1-8-17-13-5-3-10(7-14(13)19-8)18-12-4-2-9(15)6-11(12)16/h2-7,18H,16H2,1H3. The van der Waals surface area contributed by atoms with Crippen molar-refractivity contribution in [3.05, 3.63) is 46.8 Å². The minimum absolute atomic E-state index is 0.662. The van der Waals surface area contributed by atoms with Crippen molar-refractivity contribution in [3.8, 4) is 0 Å². The first-order valence-electron chi connectivity index (χ1n) is 5.81. The zero-order valence-electron chi connectivity index (χ0n) is 10.3. The van der Waals surface area contributed by atoms with E-state index in [2.05, 4.69) is 26.2 Å². The van der Waals surface area contributed by atoms with Crippen LogP contribution in [-0.2, 0) is 0 Å². The van der Waals surface area contributed by atoms with Crippen LogP contribution in [0.25, 0.3) is 11.1 Å². The Kier molecular flexibility index (Phi) is 2.91. The molecular weight excluding hydrogens is 306 g/mol. The fraction of sp³-hybridized carbons (Fsp3) is 0.0714. The zero-order chi connectivity index (χ0) is 13.4. The van der Waals surface area contributed by atoms with Crippen LogP contribution in [0, 0.1) is 6.92 Å². The molecule has 0 saturated heterocycles. The normalized spacial score (nSPS) is 10.8. The molecule has 0 bridgehead atoms. The number of halogens is 1. The van der Waals surface area contributed by atoms with Crippen LogP contribution in [0.1, 0.15) is 5.89 Å². The summed E-state index contributed by atoms with van der Waals surface area (Å²) in [5, 5.41) is 3.27. The second kappa shape index (κ2) is 4.59. The highest BCUT2D eigenvalue weighted by molar-refractivity contribution is 9.10. The summed E-state index contributed by atoms with van der Waals surface area (Å²) in [5.74, 6) is 0.662. The van der Waals surface area contributed by atoms with Crippen molar-refractivity contribution in [2.45, 2.75) is 6.92 Å². The summed E-state index contributed by atoms with van der Waals surface area (Å²) in [5.41, 5.74) is 10.0. The second-order valence-electron chi connectivity index (χ2n) is 4.27. The molecule has 0 atom stereocenters. The van der Waals surface area contributed by atoms with Gasteiger partial charge in [-0.15, -0.1) is 0 Å². The molecule has 3 rings (SSSR count). The molecule has 19 heavy (non-hydrogen) atoms. The van der Waals surface area contributed by atoms with E-state index in [1.54, 1.807) is 0 Å². The summed E-state index contributed by atoms with van der Waals surface area (Å²) in [6.45, 7) is 1.83. The number of hydrogen-bond acceptors (Lipinski definition) is 4. The fourth-order valence-electron chi connectivity index (χ4n) is 1.92. The van der Waals surface area contributed by atoms with Gasteiger partial charge in [0.1, 0.15) is 5.52 Å².